The molecule has 4 nitrogen and oxygen atoms in total. The minimum atomic E-state index is 0.182. The molecule has 0 aliphatic heterocycles. The van der Waals surface area contributed by atoms with Crippen LogP contribution in [0.4, 0.5) is 0 Å². The summed E-state index contributed by atoms with van der Waals surface area (Å²) in [4.78, 5) is 4.66. The summed E-state index contributed by atoms with van der Waals surface area (Å²) in [5.41, 5.74) is 1.36. The van der Waals surface area contributed by atoms with E-state index in [-0.39, 0.29) is 5.76 Å². The third kappa shape index (κ3) is 1.64. The molecule has 1 fully saturated rings. The predicted octanol–water partition coefficient (Wildman–Crippen LogP) is 2.24. The number of oxime groups is 1. The minimum absolute atomic E-state index is 0.182. The van der Waals surface area contributed by atoms with Gasteiger partial charge >= 0.3 is 0 Å². The molecule has 0 unspecified atom stereocenters. The van der Waals surface area contributed by atoms with Crippen LogP contribution >= 0.6 is 0 Å². The summed E-state index contributed by atoms with van der Waals surface area (Å²) in [5, 5.41) is 13.5. The lowest BCUT2D eigenvalue weighted by Crippen LogP contribution is -2.04. The molecule has 14 heavy (non-hydrogen) atoms. The Balaban J connectivity index is 2.34. The molecular weight excluding hydrogens is 182 g/mol. The van der Waals surface area contributed by atoms with E-state index in [4.69, 9.17) is 4.42 Å². The van der Waals surface area contributed by atoms with Crippen molar-refractivity contribution in [3.8, 4) is 0 Å². The predicted molar refractivity (Wildman–Crippen MR) is 51.1 cm³/mol. The van der Waals surface area contributed by atoms with E-state index in [1.54, 1.807) is 12.1 Å². The zero-order valence-electron chi connectivity index (χ0n) is 7.86. The van der Waals surface area contributed by atoms with Crippen LogP contribution in [0.5, 0.6) is 0 Å². The number of hydrogen-bond acceptors (Lipinski definition) is 4. The molecular formula is C10H11NO3. The molecule has 1 saturated carbocycles. The monoisotopic (exact) mass is 193 g/mol. The molecule has 0 atom stereocenters. The number of allylic oxidation sites excluding steroid dienone is 2. The lowest BCUT2D eigenvalue weighted by Gasteiger charge is -2.00. The van der Waals surface area contributed by atoms with Crippen LogP contribution in [0.15, 0.2) is 39.3 Å². The van der Waals surface area contributed by atoms with Gasteiger partial charge in [0.2, 0.25) is 0 Å². The van der Waals surface area contributed by atoms with Crippen LogP contribution in [0.3, 0.4) is 0 Å². The van der Waals surface area contributed by atoms with E-state index in [2.05, 4.69) is 9.99 Å². The molecule has 1 aliphatic rings. The van der Waals surface area contributed by atoms with Crippen molar-refractivity contribution in [2.24, 2.45) is 5.16 Å². The Bertz CT molecular complexity index is 370. The number of furan rings is 1. The van der Waals surface area contributed by atoms with Crippen molar-refractivity contribution >= 4 is 5.71 Å². The Morgan fingerprint density at radius 1 is 1.57 bits per heavy atom. The largest absolute Gasteiger partial charge is 0.505 e. The number of aliphatic hydroxyl groups is 1. The fraction of sp³-hybridized carbons (Fsp3) is 0.300. The first-order chi connectivity index (χ1) is 6.83. The molecule has 1 heterocycles. The third-order valence-electron chi connectivity index (χ3n) is 2.00. The molecule has 74 valence electrons. The Morgan fingerprint density at radius 2 is 2.36 bits per heavy atom. The maximum atomic E-state index is 9.76. The van der Waals surface area contributed by atoms with Crippen molar-refractivity contribution in [3.63, 3.8) is 0 Å². The topological polar surface area (TPSA) is 55.0 Å². The van der Waals surface area contributed by atoms with Crippen molar-refractivity contribution in [2.75, 3.05) is 7.11 Å². The summed E-state index contributed by atoms with van der Waals surface area (Å²) < 4.78 is 5.14. The zero-order valence-corrected chi connectivity index (χ0v) is 7.86. The minimum Gasteiger partial charge on any atom is -0.505 e. The summed E-state index contributed by atoms with van der Waals surface area (Å²) in [6.07, 6.45) is 3.38. The van der Waals surface area contributed by atoms with Crippen molar-refractivity contribution in [3.05, 3.63) is 35.5 Å². The molecule has 1 aromatic heterocycles. The van der Waals surface area contributed by atoms with E-state index < -0.39 is 0 Å². The van der Waals surface area contributed by atoms with Crippen LogP contribution in [0.25, 0.3) is 0 Å². The van der Waals surface area contributed by atoms with E-state index in [0.717, 1.165) is 18.4 Å². The van der Waals surface area contributed by atoms with E-state index >= 15 is 0 Å². The van der Waals surface area contributed by atoms with Gasteiger partial charge in [-0.05, 0) is 30.5 Å². The van der Waals surface area contributed by atoms with Crippen LogP contribution in [0, 0.1) is 0 Å². The van der Waals surface area contributed by atoms with Gasteiger partial charge in [-0.2, -0.15) is 0 Å². The van der Waals surface area contributed by atoms with Gasteiger partial charge < -0.3 is 14.4 Å². The summed E-state index contributed by atoms with van der Waals surface area (Å²) in [6, 6.07) is 3.47. The first kappa shape index (κ1) is 8.87. The van der Waals surface area contributed by atoms with E-state index in [1.165, 1.54) is 13.4 Å². The summed E-state index contributed by atoms with van der Waals surface area (Å²) >= 11 is 0. The SMILES string of the molecule is CO/N=C(\C(O)=C1CC1)c1ccco1. The fourth-order valence-electron chi connectivity index (χ4n) is 1.18. The first-order valence-corrected chi connectivity index (χ1v) is 4.39. The molecule has 0 saturated heterocycles. The highest BCUT2D eigenvalue weighted by molar-refractivity contribution is 6.09. The molecule has 0 spiro atoms. The summed E-state index contributed by atoms with van der Waals surface area (Å²) in [5.74, 6) is 0.700. The zero-order chi connectivity index (χ0) is 9.97. The number of nitrogens with zero attached hydrogens (tertiary/aromatic N) is 1. The second kappa shape index (κ2) is 3.57. The highest BCUT2D eigenvalue weighted by atomic mass is 16.6. The molecule has 0 bridgehead atoms. The third-order valence-corrected chi connectivity index (χ3v) is 2.00. The van der Waals surface area contributed by atoms with Crippen molar-refractivity contribution in [2.45, 2.75) is 12.8 Å². The molecule has 0 radical (unpaired) electrons. The summed E-state index contributed by atoms with van der Waals surface area (Å²) in [6.45, 7) is 0. The van der Waals surface area contributed by atoms with E-state index in [1.807, 2.05) is 0 Å². The van der Waals surface area contributed by atoms with Gasteiger partial charge in [-0.25, -0.2) is 0 Å². The number of rotatable bonds is 3. The van der Waals surface area contributed by atoms with Crippen molar-refractivity contribution in [1.82, 2.24) is 0 Å². The van der Waals surface area contributed by atoms with Crippen LogP contribution in [-0.2, 0) is 4.84 Å². The molecule has 0 amide bonds. The summed E-state index contributed by atoms with van der Waals surface area (Å²) in [7, 11) is 1.44. The van der Waals surface area contributed by atoms with Crippen LogP contribution < -0.4 is 0 Å². The van der Waals surface area contributed by atoms with Gasteiger partial charge in [-0.3, -0.25) is 0 Å². The smallest absolute Gasteiger partial charge is 0.186 e. The van der Waals surface area contributed by atoms with Crippen molar-refractivity contribution < 1.29 is 14.4 Å². The average molecular weight is 193 g/mol. The van der Waals surface area contributed by atoms with Crippen molar-refractivity contribution in [1.29, 1.82) is 0 Å². The second-order valence-corrected chi connectivity index (χ2v) is 3.05. The second-order valence-electron chi connectivity index (χ2n) is 3.05. The van der Waals surface area contributed by atoms with Gasteiger partial charge in [0.05, 0.1) is 6.26 Å². The van der Waals surface area contributed by atoms with Crippen LogP contribution in [-0.4, -0.2) is 17.9 Å². The molecule has 1 N–H and O–H groups in total. The highest BCUT2D eigenvalue weighted by Crippen LogP contribution is 2.32. The molecule has 4 heteroatoms. The quantitative estimate of drug-likeness (QED) is 0.455. The van der Waals surface area contributed by atoms with Gasteiger partial charge in [-0.1, -0.05) is 5.16 Å². The Morgan fingerprint density at radius 3 is 2.86 bits per heavy atom. The fourth-order valence-corrected chi connectivity index (χ4v) is 1.18. The number of hydrogen-bond donors (Lipinski definition) is 1. The van der Waals surface area contributed by atoms with Gasteiger partial charge in [0.1, 0.15) is 12.9 Å². The van der Waals surface area contributed by atoms with E-state index in [9.17, 15) is 5.11 Å². The molecule has 2 rings (SSSR count). The molecule has 1 aliphatic carbocycles. The maximum Gasteiger partial charge on any atom is 0.186 e. The van der Waals surface area contributed by atoms with Crippen LogP contribution in [0.1, 0.15) is 18.6 Å². The Hall–Kier alpha value is -1.71. The lowest BCUT2D eigenvalue weighted by molar-refractivity contribution is 0.211. The first-order valence-electron chi connectivity index (χ1n) is 4.39. The van der Waals surface area contributed by atoms with Gasteiger partial charge in [0.15, 0.2) is 11.5 Å². The highest BCUT2D eigenvalue weighted by Gasteiger charge is 2.23. The standard InChI is InChI=1S/C10H11NO3/c1-13-11-9(8-3-2-6-14-8)10(12)7-4-5-7/h2-3,6,12H,4-5H2,1H3/b11-9-. The maximum absolute atomic E-state index is 9.76. The van der Waals surface area contributed by atoms with Gasteiger partial charge in [0.25, 0.3) is 0 Å². The number of aliphatic hydroxyl groups excluding tert-OH is 1. The van der Waals surface area contributed by atoms with Gasteiger partial charge in [-0.15, -0.1) is 0 Å². The Kier molecular flexibility index (Phi) is 2.26. The van der Waals surface area contributed by atoms with E-state index in [0.29, 0.717) is 11.5 Å². The van der Waals surface area contributed by atoms with Crippen LogP contribution in [0.2, 0.25) is 0 Å². The Labute approximate surface area is 81.5 Å². The van der Waals surface area contributed by atoms with Gasteiger partial charge in [0, 0.05) is 0 Å². The normalized spacial score (nSPS) is 15.5. The average Bonchev–Trinajstić information content (AvgIpc) is 2.91. The molecule has 0 aromatic carbocycles. The lowest BCUT2D eigenvalue weighted by atomic mass is 10.2. The molecule has 1 aromatic rings.